The number of rotatable bonds is 8. The van der Waals surface area contributed by atoms with E-state index < -0.39 is 0 Å². The molecule has 1 saturated heterocycles. The molecule has 1 aliphatic heterocycles. The molecule has 0 aliphatic carbocycles. The molecule has 0 amide bonds. The standard InChI is InChI=1S/C16H31N5/c1-4-6-9-14(5-2)15-18-16(20-19-15)21-10-7-8-13(12-21)11-17-3/h13-14,17H,4-12H2,1-3H3,(H,18,19,20). The summed E-state index contributed by atoms with van der Waals surface area (Å²) < 4.78 is 0. The van der Waals surface area contributed by atoms with Crippen molar-refractivity contribution >= 4 is 5.95 Å². The molecule has 2 heterocycles. The third-order valence-corrected chi connectivity index (χ3v) is 4.57. The summed E-state index contributed by atoms with van der Waals surface area (Å²) in [5.41, 5.74) is 0. The van der Waals surface area contributed by atoms with Crippen molar-refractivity contribution in [1.29, 1.82) is 0 Å². The summed E-state index contributed by atoms with van der Waals surface area (Å²) in [5.74, 6) is 3.23. The number of hydrogen-bond acceptors (Lipinski definition) is 4. The van der Waals surface area contributed by atoms with Gasteiger partial charge in [0.1, 0.15) is 5.82 Å². The predicted octanol–water partition coefficient (Wildman–Crippen LogP) is 2.92. The summed E-state index contributed by atoms with van der Waals surface area (Å²) >= 11 is 0. The Hall–Kier alpha value is -1.10. The molecule has 2 atom stereocenters. The fourth-order valence-electron chi connectivity index (χ4n) is 3.28. The molecule has 0 aromatic carbocycles. The Kier molecular flexibility index (Phi) is 6.49. The first-order valence-corrected chi connectivity index (χ1v) is 8.60. The van der Waals surface area contributed by atoms with Gasteiger partial charge in [0, 0.05) is 19.0 Å². The number of nitrogens with one attached hydrogen (secondary N) is 2. The lowest BCUT2D eigenvalue weighted by atomic mass is 9.98. The van der Waals surface area contributed by atoms with Gasteiger partial charge in [-0.1, -0.05) is 26.7 Å². The van der Waals surface area contributed by atoms with Crippen LogP contribution in [-0.4, -0.2) is 41.9 Å². The molecule has 5 nitrogen and oxygen atoms in total. The Morgan fingerprint density at radius 2 is 2.29 bits per heavy atom. The molecule has 1 aromatic heterocycles. The molecular weight excluding hydrogens is 262 g/mol. The van der Waals surface area contributed by atoms with Crippen molar-refractivity contribution in [2.75, 3.05) is 31.6 Å². The highest BCUT2D eigenvalue weighted by Crippen LogP contribution is 2.25. The Morgan fingerprint density at radius 3 is 3.00 bits per heavy atom. The number of aromatic amines is 1. The molecule has 0 saturated carbocycles. The Morgan fingerprint density at radius 1 is 1.43 bits per heavy atom. The lowest BCUT2D eigenvalue weighted by molar-refractivity contribution is 0.399. The van der Waals surface area contributed by atoms with Gasteiger partial charge in [-0.15, -0.1) is 5.10 Å². The van der Waals surface area contributed by atoms with E-state index >= 15 is 0 Å². The van der Waals surface area contributed by atoms with Gasteiger partial charge in [0.25, 0.3) is 0 Å². The summed E-state index contributed by atoms with van der Waals surface area (Å²) in [4.78, 5) is 7.14. The number of anilines is 1. The molecule has 0 spiro atoms. The topological polar surface area (TPSA) is 56.8 Å². The lowest BCUT2D eigenvalue weighted by Crippen LogP contribution is -2.39. The summed E-state index contributed by atoms with van der Waals surface area (Å²) in [6.45, 7) is 7.73. The molecule has 2 rings (SSSR count). The monoisotopic (exact) mass is 293 g/mol. The number of unbranched alkanes of at least 4 members (excludes halogenated alkanes) is 1. The van der Waals surface area contributed by atoms with Crippen LogP contribution in [0.25, 0.3) is 0 Å². The number of nitrogens with zero attached hydrogens (tertiary/aromatic N) is 3. The molecule has 5 heteroatoms. The minimum atomic E-state index is 0.532. The molecule has 21 heavy (non-hydrogen) atoms. The first-order chi connectivity index (χ1) is 10.3. The van der Waals surface area contributed by atoms with Gasteiger partial charge in [-0.05, 0) is 45.2 Å². The number of aromatic nitrogens is 3. The van der Waals surface area contributed by atoms with Crippen molar-refractivity contribution in [2.45, 2.75) is 58.3 Å². The summed E-state index contributed by atoms with van der Waals surface area (Å²) in [6, 6.07) is 0. The van der Waals surface area contributed by atoms with Crippen LogP contribution >= 0.6 is 0 Å². The number of piperidine rings is 1. The van der Waals surface area contributed by atoms with E-state index in [0.717, 1.165) is 37.8 Å². The van der Waals surface area contributed by atoms with E-state index in [-0.39, 0.29) is 0 Å². The van der Waals surface area contributed by atoms with Gasteiger partial charge in [0.15, 0.2) is 0 Å². The van der Waals surface area contributed by atoms with E-state index in [1.54, 1.807) is 0 Å². The number of H-pyrrole nitrogens is 1. The van der Waals surface area contributed by atoms with Gasteiger partial charge < -0.3 is 10.2 Å². The third kappa shape index (κ3) is 4.43. The van der Waals surface area contributed by atoms with Crippen LogP contribution < -0.4 is 10.2 Å². The van der Waals surface area contributed by atoms with Crippen LogP contribution in [0.2, 0.25) is 0 Å². The second kappa shape index (κ2) is 8.37. The quantitative estimate of drug-likeness (QED) is 0.774. The van der Waals surface area contributed by atoms with Crippen molar-refractivity contribution in [1.82, 2.24) is 20.5 Å². The highest BCUT2D eigenvalue weighted by atomic mass is 15.4. The van der Waals surface area contributed by atoms with Crippen LogP contribution in [0, 0.1) is 5.92 Å². The van der Waals surface area contributed by atoms with Crippen molar-refractivity contribution < 1.29 is 0 Å². The molecule has 2 unspecified atom stereocenters. The average molecular weight is 293 g/mol. The van der Waals surface area contributed by atoms with Crippen LogP contribution in [0.3, 0.4) is 0 Å². The number of hydrogen-bond donors (Lipinski definition) is 2. The van der Waals surface area contributed by atoms with Gasteiger partial charge >= 0.3 is 0 Å². The van der Waals surface area contributed by atoms with Gasteiger partial charge in [-0.2, -0.15) is 4.98 Å². The van der Waals surface area contributed by atoms with Gasteiger partial charge in [0.2, 0.25) is 5.95 Å². The van der Waals surface area contributed by atoms with Crippen molar-refractivity contribution in [2.24, 2.45) is 5.92 Å². The maximum Gasteiger partial charge on any atom is 0.244 e. The van der Waals surface area contributed by atoms with Crippen LogP contribution in [0.15, 0.2) is 0 Å². The van der Waals surface area contributed by atoms with Crippen LogP contribution in [0.5, 0.6) is 0 Å². The molecule has 1 aromatic rings. The minimum Gasteiger partial charge on any atom is -0.339 e. The molecular formula is C16H31N5. The second-order valence-electron chi connectivity index (χ2n) is 6.28. The van der Waals surface area contributed by atoms with Crippen LogP contribution in [0.1, 0.15) is 64.1 Å². The minimum absolute atomic E-state index is 0.532. The highest BCUT2D eigenvalue weighted by Gasteiger charge is 2.23. The first-order valence-electron chi connectivity index (χ1n) is 8.60. The Bertz CT molecular complexity index is 401. The van der Waals surface area contributed by atoms with E-state index in [0.29, 0.717) is 11.8 Å². The maximum atomic E-state index is 4.79. The zero-order valence-electron chi connectivity index (χ0n) is 13.9. The zero-order chi connectivity index (χ0) is 15.1. The lowest BCUT2D eigenvalue weighted by Gasteiger charge is -2.31. The highest BCUT2D eigenvalue weighted by molar-refractivity contribution is 5.30. The van der Waals surface area contributed by atoms with E-state index in [2.05, 4.69) is 34.3 Å². The van der Waals surface area contributed by atoms with Crippen molar-refractivity contribution in [3.63, 3.8) is 0 Å². The summed E-state index contributed by atoms with van der Waals surface area (Å²) in [5, 5.41) is 11.0. The molecule has 1 aliphatic rings. The molecule has 1 fully saturated rings. The molecule has 0 radical (unpaired) electrons. The van der Waals surface area contributed by atoms with Gasteiger partial charge in [0.05, 0.1) is 0 Å². The third-order valence-electron chi connectivity index (χ3n) is 4.57. The van der Waals surface area contributed by atoms with Crippen LogP contribution in [-0.2, 0) is 0 Å². The summed E-state index contributed by atoms with van der Waals surface area (Å²) in [6.07, 6.45) is 7.41. The first kappa shape index (κ1) is 16.3. The Balaban J connectivity index is 1.97. The van der Waals surface area contributed by atoms with Crippen molar-refractivity contribution in [3.05, 3.63) is 5.82 Å². The van der Waals surface area contributed by atoms with Crippen LogP contribution in [0.4, 0.5) is 5.95 Å². The van der Waals surface area contributed by atoms with Gasteiger partial charge in [-0.3, -0.25) is 5.10 Å². The van der Waals surface area contributed by atoms with E-state index in [9.17, 15) is 0 Å². The fraction of sp³-hybridized carbons (Fsp3) is 0.875. The van der Waals surface area contributed by atoms with E-state index in [1.807, 2.05) is 7.05 Å². The van der Waals surface area contributed by atoms with Crippen molar-refractivity contribution in [3.8, 4) is 0 Å². The predicted molar refractivity (Wildman–Crippen MR) is 87.8 cm³/mol. The molecule has 2 N–H and O–H groups in total. The maximum absolute atomic E-state index is 4.79. The normalized spacial score (nSPS) is 20.7. The average Bonchev–Trinajstić information content (AvgIpc) is 2.99. The largest absolute Gasteiger partial charge is 0.339 e. The Labute approximate surface area is 128 Å². The van der Waals surface area contributed by atoms with E-state index in [1.165, 1.54) is 32.1 Å². The SMILES string of the molecule is CCCCC(CC)c1nc(N2CCCC(CNC)C2)n[nH]1. The molecule has 120 valence electrons. The van der Waals surface area contributed by atoms with E-state index in [4.69, 9.17) is 4.98 Å². The smallest absolute Gasteiger partial charge is 0.244 e. The fourth-order valence-corrected chi connectivity index (χ4v) is 3.28. The summed E-state index contributed by atoms with van der Waals surface area (Å²) in [7, 11) is 2.03. The zero-order valence-corrected chi connectivity index (χ0v) is 13.9. The van der Waals surface area contributed by atoms with Gasteiger partial charge in [-0.25, -0.2) is 0 Å². The molecule has 0 bridgehead atoms. The second-order valence-corrected chi connectivity index (χ2v) is 6.28.